The maximum Gasteiger partial charge on any atom is 0.283 e. The van der Waals surface area contributed by atoms with Gasteiger partial charge in [-0.2, -0.15) is 4.73 Å². The third-order valence-corrected chi connectivity index (χ3v) is 3.45. The largest absolute Gasteiger partial charge is 0.425 e. The molecular formula is C13H19NO2. The van der Waals surface area contributed by atoms with Gasteiger partial charge >= 0.3 is 0 Å². The second-order valence-corrected chi connectivity index (χ2v) is 4.88. The van der Waals surface area contributed by atoms with Crippen LogP contribution < -0.4 is 5.56 Å². The minimum Gasteiger partial charge on any atom is -0.425 e. The van der Waals surface area contributed by atoms with Crippen molar-refractivity contribution < 1.29 is 5.21 Å². The Kier molecular flexibility index (Phi) is 3.32. The van der Waals surface area contributed by atoms with Gasteiger partial charge in [0.25, 0.3) is 5.56 Å². The molecule has 0 saturated heterocycles. The monoisotopic (exact) mass is 221 g/mol. The van der Waals surface area contributed by atoms with E-state index in [1.54, 1.807) is 0 Å². The summed E-state index contributed by atoms with van der Waals surface area (Å²) in [5.41, 5.74) is 1.38. The van der Waals surface area contributed by atoms with E-state index in [-0.39, 0.29) is 5.56 Å². The predicted molar refractivity (Wildman–Crippen MR) is 62.9 cm³/mol. The van der Waals surface area contributed by atoms with Crippen LogP contribution in [0.1, 0.15) is 43.4 Å². The number of nitrogens with zero attached hydrogens (tertiary/aromatic N) is 1. The summed E-state index contributed by atoms with van der Waals surface area (Å²) in [6, 6.07) is 3.38. The van der Waals surface area contributed by atoms with Gasteiger partial charge in [-0.3, -0.25) is 4.79 Å². The Balaban J connectivity index is 2.16. The number of hydrogen-bond acceptors (Lipinski definition) is 2. The van der Waals surface area contributed by atoms with Crippen molar-refractivity contribution in [3.63, 3.8) is 0 Å². The number of aromatic nitrogens is 1. The summed E-state index contributed by atoms with van der Waals surface area (Å²) in [5.74, 6) is 0.633. The van der Waals surface area contributed by atoms with E-state index in [0.717, 1.165) is 22.4 Å². The number of pyridine rings is 1. The zero-order valence-corrected chi connectivity index (χ0v) is 9.78. The van der Waals surface area contributed by atoms with Crippen molar-refractivity contribution >= 4 is 0 Å². The first-order chi connectivity index (χ1) is 7.66. The van der Waals surface area contributed by atoms with Gasteiger partial charge < -0.3 is 5.21 Å². The maximum absolute atomic E-state index is 11.4. The molecule has 0 aromatic carbocycles. The minimum absolute atomic E-state index is 0.314. The van der Waals surface area contributed by atoms with E-state index in [1.807, 2.05) is 13.0 Å². The number of hydrogen-bond donors (Lipinski definition) is 1. The van der Waals surface area contributed by atoms with E-state index in [9.17, 15) is 10.0 Å². The quantitative estimate of drug-likeness (QED) is 0.780. The van der Waals surface area contributed by atoms with Crippen LogP contribution in [0.15, 0.2) is 16.9 Å². The Labute approximate surface area is 95.7 Å². The van der Waals surface area contributed by atoms with E-state index >= 15 is 0 Å². The highest BCUT2D eigenvalue weighted by molar-refractivity contribution is 5.16. The molecule has 1 fully saturated rings. The predicted octanol–water partition coefficient (Wildman–Crippen LogP) is 2.52. The van der Waals surface area contributed by atoms with E-state index < -0.39 is 0 Å². The van der Waals surface area contributed by atoms with Crippen molar-refractivity contribution in [3.05, 3.63) is 33.7 Å². The van der Waals surface area contributed by atoms with Crippen molar-refractivity contribution in [2.75, 3.05) is 0 Å². The Morgan fingerprint density at radius 1 is 1.31 bits per heavy atom. The van der Waals surface area contributed by atoms with Gasteiger partial charge in [0.1, 0.15) is 0 Å². The van der Waals surface area contributed by atoms with Crippen molar-refractivity contribution in [1.29, 1.82) is 0 Å². The second kappa shape index (κ2) is 4.73. The SMILES string of the molecule is Cc1cc(CC2CCCCC2)n(O)c(=O)c1. The molecule has 0 atom stereocenters. The highest BCUT2D eigenvalue weighted by Gasteiger charge is 2.16. The van der Waals surface area contributed by atoms with Crippen LogP contribution in [0, 0.1) is 12.8 Å². The normalized spacial score (nSPS) is 17.6. The molecule has 16 heavy (non-hydrogen) atoms. The lowest BCUT2D eigenvalue weighted by Crippen LogP contribution is -2.23. The Morgan fingerprint density at radius 2 is 2.00 bits per heavy atom. The van der Waals surface area contributed by atoms with Gasteiger partial charge in [0.2, 0.25) is 0 Å². The number of aryl methyl sites for hydroxylation is 1. The summed E-state index contributed by atoms with van der Waals surface area (Å²) in [6.45, 7) is 1.89. The van der Waals surface area contributed by atoms with Gasteiger partial charge in [0.15, 0.2) is 0 Å². The fraction of sp³-hybridized carbons (Fsp3) is 0.615. The fourth-order valence-corrected chi connectivity index (χ4v) is 2.60. The first kappa shape index (κ1) is 11.2. The van der Waals surface area contributed by atoms with Gasteiger partial charge in [-0.1, -0.05) is 32.1 Å². The molecule has 88 valence electrons. The average Bonchev–Trinajstić information content (AvgIpc) is 2.27. The van der Waals surface area contributed by atoms with Crippen LogP contribution in [0.4, 0.5) is 0 Å². The van der Waals surface area contributed by atoms with Gasteiger partial charge in [0.05, 0.1) is 5.69 Å². The van der Waals surface area contributed by atoms with Crippen LogP contribution in [-0.4, -0.2) is 9.94 Å². The Bertz CT molecular complexity index is 416. The fourth-order valence-electron chi connectivity index (χ4n) is 2.60. The molecule has 0 unspecified atom stereocenters. The molecule has 0 spiro atoms. The smallest absolute Gasteiger partial charge is 0.283 e. The molecule has 1 saturated carbocycles. The van der Waals surface area contributed by atoms with Crippen LogP contribution in [0.5, 0.6) is 0 Å². The summed E-state index contributed by atoms with van der Waals surface area (Å²) in [4.78, 5) is 11.4. The minimum atomic E-state index is -0.314. The van der Waals surface area contributed by atoms with Crippen molar-refractivity contribution in [2.45, 2.75) is 45.4 Å². The first-order valence-corrected chi connectivity index (χ1v) is 6.08. The molecule has 1 N–H and O–H groups in total. The standard InChI is InChI=1S/C13H19NO2/c1-10-7-12(14(16)13(15)8-10)9-11-5-3-2-4-6-11/h7-8,11,16H,2-6,9H2,1H3. The second-order valence-electron chi connectivity index (χ2n) is 4.88. The van der Waals surface area contributed by atoms with Crippen molar-refractivity contribution in [2.24, 2.45) is 5.92 Å². The van der Waals surface area contributed by atoms with E-state index in [1.165, 1.54) is 38.2 Å². The molecule has 0 amide bonds. The zero-order chi connectivity index (χ0) is 11.5. The van der Waals surface area contributed by atoms with Crippen LogP contribution in [0.3, 0.4) is 0 Å². The summed E-state index contributed by atoms with van der Waals surface area (Å²) in [7, 11) is 0. The van der Waals surface area contributed by atoms with Crippen LogP contribution in [0.25, 0.3) is 0 Å². The molecule has 0 radical (unpaired) electrons. The molecule has 1 aromatic heterocycles. The molecular weight excluding hydrogens is 202 g/mol. The molecule has 1 aromatic rings. The van der Waals surface area contributed by atoms with Gasteiger partial charge in [-0.25, -0.2) is 0 Å². The molecule has 1 aliphatic carbocycles. The average molecular weight is 221 g/mol. The van der Waals surface area contributed by atoms with E-state index in [0.29, 0.717) is 5.92 Å². The lowest BCUT2D eigenvalue weighted by atomic mass is 9.86. The molecule has 0 aliphatic heterocycles. The zero-order valence-electron chi connectivity index (χ0n) is 9.78. The highest BCUT2D eigenvalue weighted by atomic mass is 16.5. The van der Waals surface area contributed by atoms with Crippen LogP contribution in [0.2, 0.25) is 0 Å². The highest BCUT2D eigenvalue weighted by Crippen LogP contribution is 2.26. The summed E-state index contributed by atoms with van der Waals surface area (Å²) < 4.78 is 0.807. The van der Waals surface area contributed by atoms with Gasteiger partial charge in [-0.15, -0.1) is 0 Å². The lowest BCUT2D eigenvalue weighted by Gasteiger charge is -2.22. The van der Waals surface area contributed by atoms with Crippen LogP contribution >= 0.6 is 0 Å². The first-order valence-electron chi connectivity index (χ1n) is 6.08. The van der Waals surface area contributed by atoms with Crippen LogP contribution in [-0.2, 0) is 6.42 Å². The van der Waals surface area contributed by atoms with Gasteiger partial charge in [0, 0.05) is 6.07 Å². The topological polar surface area (TPSA) is 42.2 Å². The summed E-state index contributed by atoms with van der Waals surface area (Å²) in [6.07, 6.45) is 7.17. The Morgan fingerprint density at radius 3 is 2.69 bits per heavy atom. The van der Waals surface area contributed by atoms with E-state index in [4.69, 9.17) is 0 Å². The summed E-state index contributed by atoms with van der Waals surface area (Å²) in [5, 5.41) is 9.66. The molecule has 1 aliphatic rings. The lowest BCUT2D eigenvalue weighted by molar-refractivity contribution is 0.160. The summed E-state index contributed by atoms with van der Waals surface area (Å²) >= 11 is 0. The molecule has 2 rings (SSSR count). The van der Waals surface area contributed by atoms with E-state index in [2.05, 4.69) is 0 Å². The number of rotatable bonds is 2. The molecule has 0 bridgehead atoms. The van der Waals surface area contributed by atoms with Gasteiger partial charge in [-0.05, 0) is 30.9 Å². The molecule has 3 nitrogen and oxygen atoms in total. The third kappa shape index (κ3) is 2.46. The molecule has 1 heterocycles. The van der Waals surface area contributed by atoms with Crippen molar-refractivity contribution in [3.8, 4) is 0 Å². The van der Waals surface area contributed by atoms with Crippen molar-refractivity contribution in [1.82, 2.24) is 4.73 Å². The molecule has 3 heteroatoms. The third-order valence-electron chi connectivity index (χ3n) is 3.45. The Hall–Kier alpha value is -1.25. The maximum atomic E-state index is 11.4.